The fourth-order valence-corrected chi connectivity index (χ4v) is 6.54. The highest BCUT2D eigenvalue weighted by Gasteiger charge is 2.34. The summed E-state index contributed by atoms with van der Waals surface area (Å²) in [5.41, 5.74) is 0. The number of hydrogen-bond donors (Lipinski definition) is 0. The van der Waals surface area contributed by atoms with Crippen molar-refractivity contribution >= 4 is 35.0 Å². The molecule has 0 N–H and O–H groups in total. The lowest BCUT2D eigenvalue weighted by Gasteiger charge is -2.37. The second-order valence-corrected chi connectivity index (χ2v) is 8.64. The van der Waals surface area contributed by atoms with Crippen LogP contribution in [0.25, 0.3) is 0 Å². The number of hydrogen-bond acceptors (Lipinski definition) is 1. The average Bonchev–Trinajstić information content (AvgIpc) is 2.31. The second kappa shape index (κ2) is 7.09. The van der Waals surface area contributed by atoms with Gasteiger partial charge in [0.1, 0.15) is 0 Å². The summed E-state index contributed by atoms with van der Waals surface area (Å²) < 4.78 is 0. The molecule has 4 unspecified atom stereocenters. The lowest BCUT2D eigenvalue weighted by molar-refractivity contribution is 0.202. The summed E-state index contributed by atoms with van der Waals surface area (Å²) >= 11 is 15.0. The van der Waals surface area contributed by atoms with Gasteiger partial charge in [0.2, 0.25) is 0 Å². The van der Waals surface area contributed by atoms with Crippen LogP contribution in [-0.4, -0.2) is 21.8 Å². The van der Waals surface area contributed by atoms with E-state index in [-0.39, 0.29) is 0 Å². The van der Waals surface area contributed by atoms with E-state index in [0.29, 0.717) is 16.0 Å². The van der Waals surface area contributed by atoms with Crippen LogP contribution < -0.4 is 0 Å². The predicted octanol–water partition coefficient (Wildman–Crippen LogP) is 5.56. The molecule has 0 radical (unpaired) electrons. The third-order valence-electron chi connectivity index (χ3n) is 4.93. The van der Waals surface area contributed by atoms with Crippen LogP contribution in [0.5, 0.6) is 0 Å². The van der Waals surface area contributed by atoms with Gasteiger partial charge in [0.15, 0.2) is 0 Å². The average molecular weight is 309 g/mol. The largest absolute Gasteiger partial charge is 0.155 e. The molecular formula is C15H26Cl2S. The minimum absolute atomic E-state index is 0.292. The molecule has 4 atom stereocenters. The topological polar surface area (TPSA) is 0 Å². The van der Waals surface area contributed by atoms with Crippen molar-refractivity contribution in [2.24, 2.45) is 17.8 Å². The summed E-state index contributed by atoms with van der Waals surface area (Å²) in [5, 5.41) is 1.06. The van der Waals surface area contributed by atoms with Gasteiger partial charge in [-0.25, -0.2) is 0 Å². The molecule has 3 heteroatoms. The van der Waals surface area contributed by atoms with Gasteiger partial charge in [0.05, 0.1) is 0 Å². The zero-order valence-corrected chi connectivity index (χ0v) is 13.9. The minimum atomic E-state index is 0.292. The van der Waals surface area contributed by atoms with Crippen LogP contribution in [0.2, 0.25) is 0 Å². The summed E-state index contributed by atoms with van der Waals surface area (Å²) in [6.07, 6.45) is 7.75. The Balaban J connectivity index is 1.85. The van der Waals surface area contributed by atoms with Crippen molar-refractivity contribution in [2.45, 2.75) is 68.4 Å². The van der Waals surface area contributed by atoms with Gasteiger partial charge >= 0.3 is 0 Å². The Hall–Kier alpha value is 0.930. The molecule has 18 heavy (non-hydrogen) atoms. The molecular weight excluding hydrogens is 283 g/mol. The molecule has 2 aliphatic rings. The second-order valence-electron chi connectivity index (χ2n) is 6.31. The molecule has 0 nitrogen and oxygen atoms in total. The lowest BCUT2D eigenvalue weighted by Crippen LogP contribution is -2.35. The summed E-state index contributed by atoms with van der Waals surface area (Å²) in [6, 6.07) is 0. The van der Waals surface area contributed by atoms with Gasteiger partial charge in [0, 0.05) is 16.0 Å². The van der Waals surface area contributed by atoms with E-state index in [4.69, 9.17) is 23.2 Å². The Kier molecular flexibility index (Phi) is 6.03. The van der Waals surface area contributed by atoms with E-state index in [2.05, 4.69) is 25.6 Å². The highest BCUT2D eigenvalue weighted by Crippen LogP contribution is 2.41. The zero-order valence-electron chi connectivity index (χ0n) is 11.6. The fourth-order valence-electron chi connectivity index (χ4n) is 3.57. The fraction of sp³-hybridized carbons (Fsp3) is 1.00. The molecule has 0 amide bonds. The Morgan fingerprint density at radius 3 is 1.94 bits per heavy atom. The smallest absolute Gasteiger partial charge is 0.0469 e. The van der Waals surface area contributed by atoms with Crippen LogP contribution in [0.4, 0.5) is 0 Å². The number of thioether (sulfide) groups is 1. The lowest BCUT2D eigenvalue weighted by atomic mass is 9.75. The summed E-state index contributed by atoms with van der Waals surface area (Å²) in [6.45, 7) is 4.86. The molecule has 0 aliphatic heterocycles. The van der Waals surface area contributed by atoms with E-state index in [1.807, 2.05) is 0 Å². The molecule has 0 aromatic carbocycles. The Morgan fingerprint density at radius 1 is 0.889 bits per heavy atom. The Labute approximate surface area is 127 Å². The van der Waals surface area contributed by atoms with Crippen LogP contribution >= 0.6 is 35.0 Å². The number of alkyl halides is 2. The van der Waals surface area contributed by atoms with Gasteiger partial charge in [-0.3, -0.25) is 0 Å². The van der Waals surface area contributed by atoms with Gasteiger partial charge in [0.25, 0.3) is 0 Å². The van der Waals surface area contributed by atoms with Gasteiger partial charge in [-0.15, -0.1) is 23.2 Å². The van der Waals surface area contributed by atoms with Crippen molar-refractivity contribution in [3.05, 3.63) is 0 Å². The first-order valence-corrected chi connectivity index (χ1v) is 9.41. The van der Waals surface area contributed by atoms with Crippen molar-refractivity contribution in [2.75, 3.05) is 5.75 Å². The number of halogens is 2. The Bertz CT molecular complexity index is 213. The van der Waals surface area contributed by atoms with Crippen LogP contribution in [0.15, 0.2) is 0 Å². The SMILES string of the molecule is CC1CCCC(C)C1CSC1C(Cl)CCCC1Cl. The summed E-state index contributed by atoms with van der Waals surface area (Å²) in [4.78, 5) is 0. The maximum absolute atomic E-state index is 6.46. The zero-order chi connectivity index (χ0) is 13.1. The van der Waals surface area contributed by atoms with Crippen molar-refractivity contribution in [3.63, 3.8) is 0 Å². The highest BCUT2D eigenvalue weighted by molar-refractivity contribution is 8.00. The van der Waals surface area contributed by atoms with Crippen molar-refractivity contribution in [1.29, 1.82) is 0 Å². The van der Waals surface area contributed by atoms with E-state index in [1.54, 1.807) is 0 Å². The third kappa shape index (κ3) is 3.73. The van der Waals surface area contributed by atoms with E-state index in [0.717, 1.165) is 30.6 Å². The van der Waals surface area contributed by atoms with E-state index < -0.39 is 0 Å². The van der Waals surface area contributed by atoms with Crippen LogP contribution in [0.3, 0.4) is 0 Å². The molecule has 2 rings (SSSR count). The molecule has 0 saturated heterocycles. The first-order chi connectivity index (χ1) is 8.59. The van der Waals surface area contributed by atoms with Gasteiger partial charge in [-0.1, -0.05) is 39.5 Å². The normalized spacial score (nSPS) is 46.0. The molecule has 2 saturated carbocycles. The molecule has 0 heterocycles. The molecule has 2 aliphatic carbocycles. The van der Waals surface area contributed by atoms with Crippen LogP contribution in [-0.2, 0) is 0 Å². The first-order valence-electron chi connectivity index (χ1n) is 7.49. The molecule has 106 valence electrons. The molecule has 0 bridgehead atoms. The van der Waals surface area contributed by atoms with Gasteiger partial charge in [-0.2, -0.15) is 11.8 Å². The first kappa shape index (κ1) is 15.3. The monoisotopic (exact) mass is 308 g/mol. The summed E-state index contributed by atoms with van der Waals surface area (Å²) in [7, 11) is 0. The van der Waals surface area contributed by atoms with E-state index in [1.165, 1.54) is 31.4 Å². The maximum atomic E-state index is 6.46. The quantitative estimate of drug-likeness (QED) is 0.615. The van der Waals surface area contributed by atoms with Crippen LogP contribution in [0, 0.1) is 17.8 Å². The van der Waals surface area contributed by atoms with Gasteiger partial charge in [-0.05, 0) is 36.3 Å². The molecule has 0 aromatic rings. The van der Waals surface area contributed by atoms with E-state index >= 15 is 0 Å². The maximum Gasteiger partial charge on any atom is 0.0469 e. The molecule has 0 aromatic heterocycles. The number of rotatable bonds is 3. The van der Waals surface area contributed by atoms with Crippen molar-refractivity contribution in [1.82, 2.24) is 0 Å². The minimum Gasteiger partial charge on any atom is -0.155 e. The van der Waals surface area contributed by atoms with E-state index in [9.17, 15) is 0 Å². The molecule has 0 spiro atoms. The van der Waals surface area contributed by atoms with Crippen molar-refractivity contribution in [3.8, 4) is 0 Å². The standard InChI is InChI=1S/C15H26Cl2S/c1-10-5-3-6-11(2)12(10)9-18-15-13(16)7-4-8-14(15)17/h10-15H,3-9H2,1-2H3. The van der Waals surface area contributed by atoms with Crippen LogP contribution in [0.1, 0.15) is 52.4 Å². The Morgan fingerprint density at radius 2 is 1.39 bits per heavy atom. The summed E-state index contributed by atoms with van der Waals surface area (Å²) in [5.74, 6) is 3.90. The third-order valence-corrected chi connectivity index (χ3v) is 7.83. The molecule has 2 fully saturated rings. The van der Waals surface area contributed by atoms with Gasteiger partial charge < -0.3 is 0 Å². The highest BCUT2D eigenvalue weighted by atomic mass is 35.5. The predicted molar refractivity (Wildman–Crippen MR) is 85.0 cm³/mol. The van der Waals surface area contributed by atoms with Crippen molar-refractivity contribution < 1.29 is 0 Å².